The number of hydrogen-bond acceptors (Lipinski definition) is 4. The van der Waals surface area contributed by atoms with Crippen LogP contribution in [0.25, 0.3) is 0 Å². The lowest BCUT2D eigenvalue weighted by molar-refractivity contribution is 0.599. The van der Waals surface area contributed by atoms with Crippen molar-refractivity contribution in [2.45, 2.75) is 22.6 Å². The van der Waals surface area contributed by atoms with E-state index in [1.54, 1.807) is 6.07 Å². The van der Waals surface area contributed by atoms with Gasteiger partial charge in [-0.05, 0) is 43.3 Å². The molecule has 0 radical (unpaired) electrons. The van der Waals surface area contributed by atoms with Crippen LogP contribution in [-0.4, -0.2) is 27.5 Å². The summed E-state index contributed by atoms with van der Waals surface area (Å²) in [6.45, 7) is 0.579. The Morgan fingerprint density at radius 1 is 1.41 bits per heavy atom. The minimum absolute atomic E-state index is 0.310. The van der Waals surface area contributed by atoms with Crippen molar-refractivity contribution >= 4 is 33.2 Å². The molecule has 17 heavy (non-hydrogen) atoms. The Labute approximate surface area is 112 Å². The fourth-order valence-corrected chi connectivity index (χ4v) is 4.11. The van der Waals surface area contributed by atoms with Gasteiger partial charge in [0, 0.05) is 11.2 Å². The van der Waals surface area contributed by atoms with E-state index in [0.29, 0.717) is 21.4 Å². The van der Waals surface area contributed by atoms with Gasteiger partial charge >= 0.3 is 0 Å². The minimum Gasteiger partial charge on any atom is -0.330 e. The molecule has 0 unspecified atom stereocenters. The molecule has 1 aromatic carbocycles. The molecule has 0 aromatic heterocycles. The highest BCUT2D eigenvalue weighted by atomic mass is 35.5. The van der Waals surface area contributed by atoms with Crippen LogP contribution >= 0.6 is 23.4 Å². The van der Waals surface area contributed by atoms with E-state index in [2.05, 4.69) is 0 Å². The highest BCUT2D eigenvalue weighted by molar-refractivity contribution is 7.99. The second-order valence-corrected chi connectivity index (χ2v) is 6.98. The highest BCUT2D eigenvalue weighted by Crippen LogP contribution is 2.33. The lowest BCUT2D eigenvalue weighted by Crippen LogP contribution is -2.04. The van der Waals surface area contributed by atoms with E-state index in [0.717, 1.165) is 18.4 Å². The number of sulfone groups is 1. The Kier molecular flexibility index (Phi) is 5.31. The Balaban J connectivity index is 3.29. The van der Waals surface area contributed by atoms with Crippen LogP contribution in [0, 0.1) is 0 Å². The van der Waals surface area contributed by atoms with Crippen LogP contribution in [0.5, 0.6) is 0 Å². The molecular weight excluding hydrogens is 278 g/mol. The van der Waals surface area contributed by atoms with E-state index < -0.39 is 9.84 Å². The van der Waals surface area contributed by atoms with Gasteiger partial charge in [0.15, 0.2) is 9.84 Å². The van der Waals surface area contributed by atoms with E-state index >= 15 is 0 Å². The predicted octanol–water partition coefficient (Wildman–Crippen LogP) is 2.36. The van der Waals surface area contributed by atoms with Gasteiger partial charge in [0.25, 0.3) is 0 Å². The van der Waals surface area contributed by atoms with Gasteiger partial charge in [-0.15, -0.1) is 11.8 Å². The van der Waals surface area contributed by atoms with Gasteiger partial charge < -0.3 is 5.73 Å². The van der Waals surface area contributed by atoms with Gasteiger partial charge in [0.2, 0.25) is 0 Å². The fraction of sp³-hybridized carbons (Fsp3) is 0.455. The molecule has 0 fully saturated rings. The van der Waals surface area contributed by atoms with Crippen molar-refractivity contribution in [3.05, 3.63) is 22.7 Å². The molecule has 0 amide bonds. The first-order valence-corrected chi connectivity index (χ1v) is 8.66. The largest absolute Gasteiger partial charge is 0.330 e. The summed E-state index contributed by atoms with van der Waals surface area (Å²) in [5.41, 5.74) is 6.35. The molecule has 0 aliphatic carbocycles. The van der Waals surface area contributed by atoms with Gasteiger partial charge in [-0.3, -0.25) is 0 Å². The van der Waals surface area contributed by atoms with Crippen LogP contribution in [0.3, 0.4) is 0 Å². The summed E-state index contributed by atoms with van der Waals surface area (Å²) in [6, 6.07) is 3.51. The molecule has 0 atom stereocenters. The molecule has 96 valence electrons. The quantitative estimate of drug-likeness (QED) is 0.847. The van der Waals surface area contributed by atoms with Gasteiger partial charge in [0.05, 0.1) is 9.92 Å². The number of nitrogens with two attached hydrogens (primary N) is 1. The molecule has 1 rings (SSSR count). The van der Waals surface area contributed by atoms with Crippen LogP contribution in [-0.2, 0) is 16.3 Å². The number of aryl methyl sites for hydroxylation is 1. The zero-order chi connectivity index (χ0) is 13.1. The summed E-state index contributed by atoms with van der Waals surface area (Å²) in [5, 5.41) is 0.493. The van der Waals surface area contributed by atoms with Crippen molar-refractivity contribution in [2.75, 3.05) is 19.1 Å². The molecule has 0 aliphatic heterocycles. The average molecular weight is 294 g/mol. The summed E-state index contributed by atoms with van der Waals surface area (Å²) in [6.07, 6.45) is 4.58. The first-order chi connectivity index (χ1) is 7.90. The lowest BCUT2D eigenvalue weighted by Gasteiger charge is -2.10. The van der Waals surface area contributed by atoms with Crippen molar-refractivity contribution in [3.8, 4) is 0 Å². The fourth-order valence-electron chi connectivity index (χ4n) is 1.55. The Hall–Kier alpha value is -0.230. The number of rotatable bonds is 5. The summed E-state index contributed by atoms with van der Waals surface area (Å²) < 4.78 is 23.4. The van der Waals surface area contributed by atoms with Crippen molar-refractivity contribution in [1.82, 2.24) is 0 Å². The second-order valence-electron chi connectivity index (χ2n) is 3.77. The van der Waals surface area contributed by atoms with Crippen molar-refractivity contribution in [3.63, 3.8) is 0 Å². The van der Waals surface area contributed by atoms with E-state index in [4.69, 9.17) is 17.3 Å². The van der Waals surface area contributed by atoms with Gasteiger partial charge in [0.1, 0.15) is 0 Å². The molecule has 6 heteroatoms. The molecule has 0 spiro atoms. The number of halogens is 1. The van der Waals surface area contributed by atoms with E-state index in [-0.39, 0.29) is 0 Å². The smallest absolute Gasteiger partial charge is 0.176 e. The summed E-state index contributed by atoms with van der Waals surface area (Å²) in [7, 11) is -3.25. The molecule has 0 saturated heterocycles. The monoisotopic (exact) mass is 293 g/mol. The van der Waals surface area contributed by atoms with Crippen LogP contribution < -0.4 is 5.73 Å². The van der Waals surface area contributed by atoms with E-state index in [9.17, 15) is 8.42 Å². The second kappa shape index (κ2) is 6.09. The maximum atomic E-state index is 11.7. The number of benzene rings is 1. The van der Waals surface area contributed by atoms with Crippen LogP contribution in [0.2, 0.25) is 5.02 Å². The maximum Gasteiger partial charge on any atom is 0.176 e. The number of hydrogen-bond donors (Lipinski definition) is 1. The maximum absolute atomic E-state index is 11.7. The zero-order valence-corrected chi connectivity index (χ0v) is 12.3. The normalized spacial score (nSPS) is 11.8. The molecule has 0 bridgehead atoms. The van der Waals surface area contributed by atoms with Crippen molar-refractivity contribution in [1.29, 1.82) is 0 Å². The van der Waals surface area contributed by atoms with Gasteiger partial charge in [-0.1, -0.05) is 11.6 Å². The SMILES string of the molecule is CSc1c(Cl)cc(CCCN)cc1S(C)(=O)=O. The third-order valence-electron chi connectivity index (χ3n) is 2.34. The Morgan fingerprint density at radius 2 is 2.06 bits per heavy atom. The minimum atomic E-state index is -3.25. The van der Waals surface area contributed by atoms with Gasteiger partial charge in [-0.25, -0.2) is 8.42 Å². The van der Waals surface area contributed by atoms with Crippen LogP contribution in [0.15, 0.2) is 21.9 Å². The first kappa shape index (κ1) is 14.8. The number of thioether (sulfide) groups is 1. The van der Waals surface area contributed by atoms with Gasteiger partial charge in [-0.2, -0.15) is 0 Å². The standard InChI is InChI=1S/C11H16ClNO2S2/c1-16-11-9(12)6-8(4-3-5-13)7-10(11)17(2,14)15/h6-7H,3-5,13H2,1-2H3. The summed E-state index contributed by atoms with van der Waals surface area (Å²) >= 11 is 7.45. The van der Waals surface area contributed by atoms with E-state index in [1.807, 2.05) is 12.3 Å². The third kappa shape index (κ3) is 3.88. The topological polar surface area (TPSA) is 60.2 Å². The molecular formula is C11H16ClNO2S2. The molecule has 0 saturated carbocycles. The van der Waals surface area contributed by atoms with Crippen molar-refractivity contribution in [2.24, 2.45) is 5.73 Å². The molecule has 2 N–H and O–H groups in total. The molecule has 3 nitrogen and oxygen atoms in total. The average Bonchev–Trinajstić information content (AvgIpc) is 2.24. The lowest BCUT2D eigenvalue weighted by atomic mass is 10.1. The highest BCUT2D eigenvalue weighted by Gasteiger charge is 2.17. The summed E-state index contributed by atoms with van der Waals surface area (Å²) in [4.78, 5) is 0.926. The molecule has 0 heterocycles. The first-order valence-electron chi connectivity index (χ1n) is 5.16. The summed E-state index contributed by atoms with van der Waals surface area (Å²) in [5.74, 6) is 0. The zero-order valence-electron chi connectivity index (χ0n) is 9.86. The Bertz CT molecular complexity index is 500. The van der Waals surface area contributed by atoms with Crippen LogP contribution in [0.4, 0.5) is 0 Å². The van der Waals surface area contributed by atoms with Crippen molar-refractivity contribution < 1.29 is 8.42 Å². The Morgan fingerprint density at radius 3 is 2.53 bits per heavy atom. The molecule has 1 aromatic rings. The van der Waals surface area contributed by atoms with E-state index in [1.165, 1.54) is 18.0 Å². The third-order valence-corrected chi connectivity index (χ3v) is 4.85. The molecule has 0 aliphatic rings. The van der Waals surface area contributed by atoms with Crippen LogP contribution in [0.1, 0.15) is 12.0 Å². The predicted molar refractivity (Wildman–Crippen MR) is 73.7 cm³/mol.